The number of aryl methyl sites for hydroxylation is 3. The molecule has 2 heterocycles. The summed E-state index contributed by atoms with van der Waals surface area (Å²) in [6, 6.07) is 0. The third-order valence-electron chi connectivity index (χ3n) is 3.79. The van der Waals surface area contributed by atoms with Gasteiger partial charge in [0.25, 0.3) is 5.91 Å². The molecule has 0 saturated heterocycles. The van der Waals surface area contributed by atoms with Crippen LogP contribution >= 0.6 is 22.7 Å². The molecule has 0 bridgehead atoms. The highest BCUT2D eigenvalue weighted by molar-refractivity contribution is 7.11. The number of nitrogens with zero attached hydrogens (tertiary/aromatic N) is 1. The summed E-state index contributed by atoms with van der Waals surface area (Å²) in [7, 11) is 0. The molecule has 0 fully saturated rings. The van der Waals surface area contributed by atoms with Crippen molar-refractivity contribution in [2.75, 3.05) is 6.54 Å². The fourth-order valence-corrected chi connectivity index (χ4v) is 4.62. The largest absolute Gasteiger partial charge is 0.351 e. The fraction of sp³-hybridized carbons (Fsp3) is 0.467. The lowest BCUT2D eigenvalue weighted by molar-refractivity contribution is 0.0950. The summed E-state index contributed by atoms with van der Waals surface area (Å²) >= 11 is 3.38. The van der Waals surface area contributed by atoms with E-state index in [0.717, 1.165) is 29.0 Å². The second kappa shape index (κ2) is 5.66. The Morgan fingerprint density at radius 3 is 3.05 bits per heavy atom. The summed E-state index contributed by atoms with van der Waals surface area (Å²) in [5, 5.41) is 8.15. The number of nitrogens with one attached hydrogen (secondary N) is 1. The van der Waals surface area contributed by atoms with Crippen molar-refractivity contribution < 1.29 is 4.79 Å². The molecule has 1 N–H and O–H groups in total. The molecule has 0 saturated carbocycles. The van der Waals surface area contributed by atoms with Crippen molar-refractivity contribution in [2.24, 2.45) is 0 Å². The van der Waals surface area contributed by atoms with Gasteiger partial charge in [-0.2, -0.15) is 11.3 Å². The van der Waals surface area contributed by atoms with Gasteiger partial charge in [-0.25, -0.2) is 4.98 Å². The van der Waals surface area contributed by atoms with E-state index in [1.54, 1.807) is 22.7 Å². The number of hydrogen-bond acceptors (Lipinski definition) is 4. The summed E-state index contributed by atoms with van der Waals surface area (Å²) in [6.07, 6.45) is 3.47. The van der Waals surface area contributed by atoms with Crippen LogP contribution in [-0.2, 0) is 6.42 Å². The van der Waals surface area contributed by atoms with E-state index < -0.39 is 0 Å². The molecule has 1 aliphatic carbocycles. The first-order valence-corrected chi connectivity index (χ1v) is 8.68. The van der Waals surface area contributed by atoms with E-state index in [1.807, 2.05) is 17.7 Å². The lowest BCUT2D eigenvalue weighted by atomic mass is 9.91. The van der Waals surface area contributed by atoms with Crippen molar-refractivity contribution in [3.05, 3.63) is 37.5 Å². The standard InChI is InChI=1S/C15H18N2OS2/c1-9-7-19-8-12(9)15(18)16-6-11-4-3-5-13-14(11)17-10(2)20-13/h7-8,11H,3-6H2,1-2H3,(H,16,18). The summed E-state index contributed by atoms with van der Waals surface area (Å²) in [5.41, 5.74) is 3.09. The molecule has 1 unspecified atom stereocenters. The molecule has 3 rings (SSSR count). The number of aromatic nitrogens is 1. The van der Waals surface area contributed by atoms with Crippen molar-refractivity contribution in [3.63, 3.8) is 0 Å². The van der Waals surface area contributed by atoms with Gasteiger partial charge in [-0.05, 0) is 44.1 Å². The summed E-state index contributed by atoms with van der Waals surface area (Å²) in [5.74, 6) is 0.425. The Labute approximate surface area is 127 Å². The van der Waals surface area contributed by atoms with Gasteiger partial charge in [0.15, 0.2) is 0 Å². The third-order valence-corrected chi connectivity index (χ3v) is 5.69. The number of rotatable bonds is 3. The van der Waals surface area contributed by atoms with Gasteiger partial charge >= 0.3 is 0 Å². The first-order valence-electron chi connectivity index (χ1n) is 6.92. The van der Waals surface area contributed by atoms with Crippen LogP contribution in [0.15, 0.2) is 10.8 Å². The molecule has 0 aromatic carbocycles. The molecule has 0 aliphatic heterocycles. The SMILES string of the molecule is Cc1nc2c(s1)CCCC2CNC(=O)c1cscc1C. The van der Waals surface area contributed by atoms with Crippen molar-refractivity contribution in [3.8, 4) is 0 Å². The minimum Gasteiger partial charge on any atom is -0.351 e. The van der Waals surface area contributed by atoms with Crippen LogP contribution in [0.2, 0.25) is 0 Å². The minimum atomic E-state index is 0.0443. The van der Waals surface area contributed by atoms with E-state index in [1.165, 1.54) is 17.0 Å². The van der Waals surface area contributed by atoms with E-state index in [4.69, 9.17) is 0 Å². The summed E-state index contributed by atoms with van der Waals surface area (Å²) < 4.78 is 0. The zero-order chi connectivity index (χ0) is 14.1. The van der Waals surface area contributed by atoms with Crippen molar-refractivity contribution in [1.82, 2.24) is 10.3 Å². The van der Waals surface area contributed by atoms with Gasteiger partial charge in [0.2, 0.25) is 0 Å². The fourth-order valence-electron chi connectivity index (χ4n) is 2.73. The Hall–Kier alpha value is -1.20. The Balaban J connectivity index is 1.68. The highest BCUT2D eigenvalue weighted by Gasteiger charge is 2.24. The number of carbonyl (C=O) groups is 1. The predicted molar refractivity (Wildman–Crippen MR) is 83.9 cm³/mol. The Morgan fingerprint density at radius 1 is 1.45 bits per heavy atom. The van der Waals surface area contributed by atoms with E-state index in [-0.39, 0.29) is 5.91 Å². The zero-order valence-electron chi connectivity index (χ0n) is 11.7. The first-order chi connectivity index (χ1) is 9.65. The van der Waals surface area contributed by atoms with Crippen LogP contribution in [0, 0.1) is 13.8 Å². The molecule has 20 heavy (non-hydrogen) atoms. The van der Waals surface area contributed by atoms with Crippen LogP contribution < -0.4 is 5.32 Å². The lowest BCUT2D eigenvalue weighted by Crippen LogP contribution is -2.30. The highest BCUT2D eigenvalue weighted by Crippen LogP contribution is 2.34. The Kier molecular flexibility index (Phi) is 3.89. The molecule has 1 amide bonds. The van der Waals surface area contributed by atoms with Crippen molar-refractivity contribution in [2.45, 2.75) is 39.0 Å². The number of fused-ring (bicyclic) bond motifs is 1. The van der Waals surface area contributed by atoms with Crippen LogP contribution in [0.25, 0.3) is 0 Å². The van der Waals surface area contributed by atoms with Crippen LogP contribution in [-0.4, -0.2) is 17.4 Å². The molecule has 1 aliphatic rings. The van der Waals surface area contributed by atoms with Gasteiger partial charge in [-0.15, -0.1) is 11.3 Å². The molecule has 0 radical (unpaired) electrons. The third kappa shape index (κ3) is 2.65. The Morgan fingerprint density at radius 2 is 2.30 bits per heavy atom. The Bertz CT molecular complexity index is 630. The van der Waals surface area contributed by atoms with Gasteiger partial charge in [0.1, 0.15) is 0 Å². The molecule has 106 valence electrons. The average Bonchev–Trinajstić information content (AvgIpc) is 3.00. The molecule has 0 spiro atoms. The number of hydrogen-bond donors (Lipinski definition) is 1. The van der Waals surface area contributed by atoms with Crippen LogP contribution in [0.3, 0.4) is 0 Å². The van der Waals surface area contributed by atoms with Gasteiger partial charge in [-0.1, -0.05) is 0 Å². The average molecular weight is 306 g/mol. The maximum Gasteiger partial charge on any atom is 0.252 e. The number of carbonyl (C=O) groups excluding carboxylic acids is 1. The normalized spacial score (nSPS) is 17.8. The van der Waals surface area contributed by atoms with Crippen LogP contribution in [0.5, 0.6) is 0 Å². The van der Waals surface area contributed by atoms with Gasteiger partial charge in [-0.3, -0.25) is 4.79 Å². The maximum atomic E-state index is 12.2. The lowest BCUT2D eigenvalue weighted by Gasteiger charge is -2.21. The van der Waals surface area contributed by atoms with Crippen molar-refractivity contribution >= 4 is 28.6 Å². The quantitative estimate of drug-likeness (QED) is 0.940. The second-order valence-corrected chi connectivity index (χ2v) is 7.34. The molecule has 1 atom stereocenters. The molecular formula is C15H18N2OS2. The minimum absolute atomic E-state index is 0.0443. The summed E-state index contributed by atoms with van der Waals surface area (Å²) in [6.45, 7) is 4.74. The van der Waals surface area contributed by atoms with E-state index >= 15 is 0 Å². The zero-order valence-corrected chi connectivity index (χ0v) is 13.4. The molecule has 2 aromatic rings. The number of thiazole rings is 1. The number of amides is 1. The highest BCUT2D eigenvalue weighted by atomic mass is 32.1. The molecule has 3 nitrogen and oxygen atoms in total. The van der Waals surface area contributed by atoms with Gasteiger partial charge in [0.05, 0.1) is 16.3 Å². The van der Waals surface area contributed by atoms with E-state index in [0.29, 0.717) is 12.5 Å². The predicted octanol–water partition coefficient (Wildman–Crippen LogP) is 3.67. The molecular weight excluding hydrogens is 288 g/mol. The van der Waals surface area contributed by atoms with Crippen LogP contribution in [0.1, 0.15) is 50.3 Å². The van der Waals surface area contributed by atoms with Gasteiger partial charge in [0, 0.05) is 22.7 Å². The van der Waals surface area contributed by atoms with Gasteiger partial charge < -0.3 is 5.32 Å². The maximum absolute atomic E-state index is 12.2. The van der Waals surface area contributed by atoms with Crippen LogP contribution in [0.4, 0.5) is 0 Å². The summed E-state index contributed by atoms with van der Waals surface area (Å²) in [4.78, 5) is 18.2. The molecule has 2 aromatic heterocycles. The number of thiophene rings is 1. The molecule has 5 heteroatoms. The monoisotopic (exact) mass is 306 g/mol. The topological polar surface area (TPSA) is 42.0 Å². The smallest absolute Gasteiger partial charge is 0.252 e. The second-order valence-electron chi connectivity index (χ2n) is 5.31. The van der Waals surface area contributed by atoms with E-state index in [2.05, 4.69) is 17.2 Å². The van der Waals surface area contributed by atoms with E-state index in [9.17, 15) is 4.79 Å². The van der Waals surface area contributed by atoms with Crippen molar-refractivity contribution in [1.29, 1.82) is 0 Å². The first kappa shape index (κ1) is 13.8.